The Bertz CT molecular complexity index is 295. The van der Waals surface area contributed by atoms with E-state index >= 15 is 0 Å². The Labute approximate surface area is 106 Å². The number of nitrogens with one attached hydrogen (secondary N) is 5. The highest BCUT2D eigenvalue weighted by Gasteiger charge is 1.90. The van der Waals surface area contributed by atoms with Crippen molar-refractivity contribution in [2.45, 2.75) is 19.8 Å². The second-order valence-electron chi connectivity index (χ2n) is 3.11. The molecule has 0 spiro atoms. The molecule has 0 rings (SSSR count). The van der Waals surface area contributed by atoms with Crippen molar-refractivity contribution >= 4 is 23.8 Å². The maximum atomic E-state index is 6.81. The van der Waals surface area contributed by atoms with E-state index in [0.717, 1.165) is 12.8 Å². The lowest BCUT2D eigenvalue weighted by Gasteiger charge is -2.00. The summed E-state index contributed by atoms with van der Waals surface area (Å²) in [5.74, 6) is -0.589. The minimum atomic E-state index is -0.312. The molecule has 10 nitrogen and oxygen atoms in total. The molecule has 0 fully saturated rings. The van der Waals surface area contributed by atoms with Crippen LogP contribution in [0.2, 0.25) is 0 Å². The molecule has 18 heavy (non-hydrogen) atoms. The van der Waals surface area contributed by atoms with E-state index in [1.807, 2.05) is 5.32 Å². The van der Waals surface area contributed by atoms with Gasteiger partial charge in [-0.05, 0) is 6.42 Å². The summed E-state index contributed by atoms with van der Waals surface area (Å²) in [5, 5.41) is 24.2. The fraction of sp³-hybridized carbons (Fsp3) is 0.500. The van der Waals surface area contributed by atoms with Crippen molar-refractivity contribution in [1.29, 1.82) is 16.2 Å². The average molecular weight is 258 g/mol. The van der Waals surface area contributed by atoms with Gasteiger partial charge in [0.25, 0.3) is 0 Å². The van der Waals surface area contributed by atoms with E-state index in [2.05, 4.69) is 17.2 Å². The highest BCUT2D eigenvalue weighted by Crippen LogP contribution is 1.85. The zero-order chi connectivity index (χ0) is 14.6. The van der Waals surface area contributed by atoms with E-state index in [9.17, 15) is 0 Å². The monoisotopic (exact) mass is 258 g/mol. The first-order chi connectivity index (χ1) is 8.29. The average Bonchev–Trinajstić information content (AvgIpc) is 2.15. The second kappa shape index (κ2) is 11.0. The van der Waals surface area contributed by atoms with Gasteiger partial charge in [-0.15, -0.1) is 0 Å². The third kappa shape index (κ3) is 19.1. The summed E-state index contributed by atoms with van der Waals surface area (Å²) >= 11 is 0. The predicted octanol–water partition coefficient (Wildman–Crippen LogP) is -2.05. The summed E-state index contributed by atoms with van der Waals surface area (Å²) < 4.78 is 0. The number of nitrogens with zero attached hydrogens (tertiary/aromatic N) is 1. The summed E-state index contributed by atoms with van der Waals surface area (Å²) in [4.78, 5) is 3.92. The van der Waals surface area contributed by atoms with Gasteiger partial charge in [0, 0.05) is 6.54 Å². The van der Waals surface area contributed by atoms with Crippen LogP contribution in [0.25, 0.3) is 0 Å². The van der Waals surface area contributed by atoms with E-state index < -0.39 is 0 Å². The van der Waals surface area contributed by atoms with Crippen molar-refractivity contribution in [3.63, 3.8) is 0 Å². The Kier molecular flexibility index (Phi) is 10.9. The van der Waals surface area contributed by atoms with Crippen LogP contribution < -0.4 is 33.6 Å². The molecule has 0 atom stereocenters. The van der Waals surface area contributed by atoms with Crippen LogP contribution in [0.3, 0.4) is 0 Å². The van der Waals surface area contributed by atoms with Crippen LogP contribution in [0.4, 0.5) is 0 Å². The van der Waals surface area contributed by atoms with Crippen LogP contribution >= 0.6 is 0 Å². The molecule has 0 saturated carbocycles. The van der Waals surface area contributed by atoms with Crippen LogP contribution in [0.5, 0.6) is 0 Å². The number of hydrogen-bond acceptors (Lipinski definition) is 4. The summed E-state index contributed by atoms with van der Waals surface area (Å²) in [6.07, 6.45) is 2.08. The smallest absolute Gasteiger partial charge is 0.195 e. The van der Waals surface area contributed by atoms with Gasteiger partial charge in [0.1, 0.15) is 0 Å². The first-order valence-corrected chi connectivity index (χ1v) is 5.15. The van der Waals surface area contributed by atoms with Crippen LogP contribution in [-0.4, -0.2) is 30.4 Å². The first kappa shape index (κ1) is 17.9. The second-order valence-corrected chi connectivity index (χ2v) is 3.11. The zero-order valence-corrected chi connectivity index (χ0v) is 10.4. The zero-order valence-electron chi connectivity index (χ0n) is 10.4. The Hall–Kier alpha value is -2.52. The summed E-state index contributed by atoms with van der Waals surface area (Å²) in [6, 6.07) is 0. The summed E-state index contributed by atoms with van der Waals surface area (Å²) in [7, 11) is 0. The standard InChI is InChI=1S/C6H15N5.C2H7N5/c1-2-3-4-10-6(9)11-5(7)8;3-1(4)7-2(5)6/h2-4H2,1H3,(H6,7,8,9,10,11);(H7,3,4,5,6,7). The molecule has 10 heteroatoms. The third-order valence-electron chi connectivity index (χ3n) is 1.33. The number of guanidine groups is 4. The number of hydrogen-bond donors (Lipinski definition) is 9. The van der Waals surface area contributed by atoms with Gasteiger partial charge in [-0.1, -0.05) is 13.3 Å². The minimum Gasteiger partial charge on any atom is -0.370 e. The molecular formula is C8H22N10. The Morgan fingerprint density at radius 2 is 1.39 bits per heavy atom. The predicted molar refractivity (Wildman–Crippen MR) is 73.4 cm³/mol. The van der Waals surface area contributed by atoms with E-state index in [1.54, 1.807) is 0 Å². The largest absolute Gasteiger partial charge is 0.370 e. The van der Waals surface area contributed by atoms with Gasteiger partial charge in [-0.3, -0.25) is 31.9 Å². The van der Waals surface area contributed by atoms with Gasteiger partial charge < -0.3 is 22.9 Å². The van der Waals surface area contributed by atoms with Crippen molar-refractivity contribution in [3.8, 4) is 0 Å². The SMILES string of the molecule is CCCCN=C(N)NC(=N)N.N=C(N)NC(=N)N. The van der Waals surface area contributed by atoms with Crippen molar-refractivity contribution < 1.29 is 0 Å². The lowest BCUT2D eigenvalue weighted by atomic mass is 10.3. The van der Waals surface area contributed by atoms with E-state index in [0.29, 0.717) is 6.54 Å². The third-order valence-corrected chi connectivity index (χ3v) is 1.33. The highest BCUT2D eigenvalue weighted by atomic mass is 15.2. The van der Waals surface area contributed by atoms with Crippen molar-refractivity contribution in [3.05, 3.63) is 0 Å². The number of aliphatic imine (C=N–C) groups is 1. The van der Waals surface area contributed by atoms with Gasteiger partial charge >= 0.3 is 0 Å². The molecule has 0 aromatic rings. The molecule has 0 aromatic carbocycles. The molecule has 0 unspecified atom stereocenters. The fourth-order valence-corrected chi connectivity index (χ4v) is 0.680. The van der Waals surface area contributed by atoms with Gasteiger partial charge in [-0.2, -0.15) is 0 Å². The quantitative estimate of drug-likeness (QED) is 0.158. The summed E-state index contributed by atoms with van der Waals surface area (Å²) in [6.45, 7) is 2.76. The van der Waals surface area contributed by atoms with Crippen molar-refractivity contribution in [1.82, 2.24) is 10.6 Å². The minimum absolute atomic E-state index is 0.178. The maximum Gasteiger partial charge on any atom is 0.195 e. The molecule has 0 aromatic heterocycles. The number of unbranched alkanes of at least 4 members (excludes halogenated alkanes) is 1. The van der Waals surface area contributed by atoms with Crippen LogP contribution in [0, 0.1) is 16.2 Å². The van der Waals surface area contributed by atoms with E-state index in [4.69, 9.17) is 39.2 Å². The Morgan fingerprint density at radius 3 is 1.67 bits per heavy atom. The van der Waals surface area contributed by atoms with Gasteiger partial charge in [0.15, 0.2) is 23.8 Å². The Balaban J connectivity index is 0. The molecule has 13 N–H and O–H groups in total. The first-order valence-electron chi connectivity index (χ1n) is 5.15. The molecule has 0 aliphatic rings. The molecule has 0 heterocycles. The van der Waals surface area contributed by atoms with Gasteiger partial charge in [-0.25, -0.2) is 0 Å². The lowest BCUT2D eigenvalue weighted by molar-refractivity contribution is 0.804. The molecule has 0 bridgehead atoms. The number of nitrogens with two attached hydrogens (primary N) is 4. The van der Waals surface area contributed by atoms with Gasteiger partial charge in [0.05, 0.1) is 0 Å². The highest BCUT2D eigenvalue weighted by molar-refractivity contribution is 5.95. The molecule has 0 saturated heterocycles. The van der Waals surface area contributed by atoms with E-state index in [1.165, 1.54) is 0 Å². The van der Waals surface area contributed by atoms with Crippen molar-refractivity contribution in [2.75, 3.05) is 6.54 Å². The number of rotatable bonds is 3. The van der Waals surface area contributed by atoms with Gasteiger partial charge in [0.2, 0.25) is 0 Å². The van der Waals surface area contributed by atoms with Crippen molar-refractivity contribution in [2.24, 2.45) is 27.9 Å². The molecular weight excluding hydrogens is 236 g/mol. The molecule has 0 aliphatic carbocycles. The van der Waals surface area contributed by atoms with Crippen LogP contribution in [-0.2, 0) is 0 Å². The molecule has 0 radical (unpaired) electrons. The normalized spacial score (nSPS) is 9.72. The Morgan fingerprint density at radius 1 is 0.944 bits per heavy atom. The maximum absolute atomic E-state index is 6.81. The summed E-state index contributed by atoms with van der Waals surface area (Å²) in [5.41, 5.74) is 19.8. The topological polar surface area (TPSA) is 212 Å². The molecule has 104 valence electrons. The molecule has 0 aliphatic heterocycles. The van der Waals surface area contributed by atoms with Crippen LogP contribution in [0.1, 0.15) is 19.8 Å². The van der Waals surface area contributed by atoms with Crippen LogP contribution in [0.15, 0.2) is 4.99 Å². The van der Waals surface area contributed by atoms with E-state index in [-0.39, 0.29) is 23.8 Å². The lowest BCUT2D eigenvalue weighted by Crippen LogP contribution is -2.40. The fourth-order valence-electron chi connectivity index (χ4n) is 0.680. The molecule has 0 amide bonds.